The van der Waals surface area contributed by atoms with E-state index in [1.54, 1.807) is 0 Å². The first-order valence-electron chi connectivity index (χ1n) is 10.9. The summed E-state index contributed by atoms with van der Waals surface area (Å²) < 4.78 is 39.4. The minimum Gasteiger partial charge on any atom is -0.251 e. The Bertz CT molecular complexity index is 618. The summed E-state index contributed by atoms with van der Waals surface area (Å²) in [5, 5.41) is -0.406. The van der Waals surface area contributed by atoms with Crippen LogP contribution in [0.5, 0.6) is 0 Å². The molecule has 1 aromatic rings. The van der Waals surface area contributed by atoms with Crippen molar-refractivity contribution < 1.29 is 13.2 Å². The molecule has 2 fully saturated rings. The van der Waals surface area contributed by atoms with Crippen LogP contribution >= 0.6 is 11.6 Å². The summed E-state index contributed by atoms with van der Waals surface area (Å²) in [4.78, 5) is 0. The third-order valence-electron chi connectivity index (χ3n) is 6.94. The normalized spacial score (nSPS) is 28.7. The van der Waals surface area contributed by atoms with Crippen molar-refractivity contribution in [2.45, 2.75) is 70.6 Å². The summed E-state index contributed by atoms with van der Waals surface area (Å²) in [5.74, 6) is 1.70. The second-order valence-corrected chi connectivity index (χ2v) is 9.15. The second-order valence-electron chi connectivity index (χ2n) is 8.77. The Kier molecular flexibility index (Phi) is 8.32. The van der Waals surface area contributed by atoms with Crippen molar-refractivity contribution in [3.8, 4) is 0 Å². The highest BCUT2D eigenvalue weighted by Gasteiger charge is 2.30. The van der Waals surface area contributed by atoms with Gasteiger partial charge in [0.05, 0.1) is 6.67 Å². The van der Waals surface area contributed by atoms with E-state index in [9.17, 15) is 13.2 Å². The topological polar surface area (TPSA) is 0 Å². The Morgan fingerprint density at radius 2 is 1.46 bits per heavy atom. The molecule has 0 saturated heterocycles. The lowest BCUT2D eigenvalue weighted by Crippen LogP contribution is -2.25. The van der Waals surface area contributed by atoms with Crippen LogP contribution in [0.3, 0.4) is 0 Å². The van der Waals surface area contributed by atoms with Gasteiger partial charge in [-0.25, -0.2) is 8.78 Å². The molecule has 156 valence electrons. The number of rotatable bonds is 7. The first-order valence-corrected chi connectivity index (χ1v) is 11.3. The molecule has 0 amide bonds. The maximum atomic E-state index is 13.6. The number of aryl methyl sites for hydroxylation is 1. The Labute approximate surface area is 172 Å². The van der Waals surface area contributed by atoms with Gasteiger partial charge in [0.15, 0.2) is 0 Å². The number of alkyl halides is 1. The average molecular weight is 413 g/mol. The van der Waals surface area contributed by atoms with Gasteiger partial charge in [0.2, 0.25) is 0 Å². The van der Waals surface area contributed by atoms with Gasteiger partial charge in [0.25, 0.3) is 0 Å². The van der Waals surface area contributed by atoms with Crippen LogP contribution in [-0.2, 0) is 6.42 Å². The van der Waals surface area contributed by atoms with Crippen molar-refractivity contribution in [3.63, 3.8) is 0 Å². The molecule has 0 aliphatic heterocycles. The lowest BCUT2D eigenvalue weighted by molar-refractivity contribution is 0.152. The molecule has 0 heterocycles. The van der Waals surface area contributed by atoms with Crippen molar-refractivity contribution in [3.05, 3.63) is 46.5 Å². The van der Waals surface area contributed by atoms with Gasteiger partial charge in [0.1, 0.15) is 16.7 Å². The van der Waals surface area contributed by atoms with Crippen LogP contribution in [0.15, 0.2) is 24.3 Å². The Balaban J connectivity index is 1.38. The molecule has 3 rings (SSSR count). The van der Waals surface area contributed by atoms with Gasteiger partial charge >= 0.3 is 0 Å². The molecule has 0 unspecified atom stereocenters. The van der Waals surface area contributed by atoms with Gasteiger partial charge in [-0.15, -0.1) is 0 Å². The van der Waals surface area contributed by atoms with E-state index < -0.39 is 16.7 Å². The fraction of sp³-hybridized carbons (Fsp3) is 0.667. The third-order valence-corrected chi connectivity index (χ3v) is 7.30. The summed E-state index contributed by atoms with van der Waals surface area (Å²) in [6.07, 6.45) is 16.7. The molecule has 0 N–H and O–H groups in total. The maximum absolute atomic E-state index is 13.6. The van der Waals surface area contributed by atoms with Crippen LogP contribution in [0.25, 0.3) is 0 Å². The average Bonchev–Trinajstić information content (AvgIpc) is 2.71. The molecule has 0 nitrogen and oxygen atoms in total. The molecule has 0 spiro atoms. The van der Waals surface area contributed by atoms with E-state index in [0.29, 0.717) is 23.8 Å². The van der Waals surface area contributed by atoms with Crippen LogP contribution in [-0.4, -0.2) is 6.67 Å². The molecule has 2 aliphatic rings. The molecule has 0 radical (unpaired) electrons. The zero-order valence-electron chi connectivity index (χ0n) is 16.6. The van der Waals surface area contributed by atoms with Crippen LogP contribution in [0.2, 0.25) is 5.02 Å². The van der Waals surface area contributed by atoms with E-state index in [4.69, 9.17) is 11.6 Å². The number of hydrogen-bond donors (Lipinski definition) is 0. The molecule has 0 bridgehead atoms. The van der Waals surface area contributed by atoms with E-state index >= 15 is 0 Å². The summed E-state index contributed by atoms with van der Waals surface area (Å²) in [7, 11) is 0. The largest absolute Gasteiger partial charge is 0.251 e. The molecule has 2 saturated carbocycles. The first-order chi connectivity index (χ1) is 13.6. The Morgan fingerprint density at radius 3 is 2.04 bits per heavy atom. The lowest BCUT2D eigenvalue weighted by Gasteiger charge is -2.37. The second kappa shape index (κ2) is 10.7. The fourth-order valence-corrected chi connectivity index (χ4v) is 5.34. The highest BCUT2D eigenvalue weighted by molar-refractivity contribution is 6.30. The van der Waals surface area contributed by atoms with Crippen LogP contribution in [0.1, 0.15) is 69.8 Å². The van der Waals surface area contributed by atoms with Crippen molar-refractivity contribution in [2.24, 2.45) is 23.7 Å². The Hall–Kier alpha value is -0.960. The zero-order valence-corrected chi connectivity index (χ0v) is 17.4. The van der Waals surface area contributed by atoms with Crippen molar-refractivity contribution in [1.82, 2.24) is 0 Å². The van der Waals surface area contributed by atoms with Gasteiger partial charge in [-0.05, 0) is 99.2 Å². The first kappa shape index (κ1) is 21.7. The van der Waals surface area contributed by atoms with E-state index in [2.05, 4.69) is 6.08 Å². The predicted molar refractivity (Wildman–Crippen MR) is 110 cm³/mol. The monoisotopic (exact) mass is 412 g/mol. The van der Waals surface area contributed by atoms with E-state index in [1.165, 1.54) is 63.5 Å². The van der Waals surface area contributed by atoms with Crippen LogP contribution in [0.4, 0.5) is 13.2 Å². The minimum atomic E-state index is -0.657. The fourth-order valence-electron chi connectivity index (χ4n) is 5.23. The molecular formula is C24H32ClF3. The van der Waals surface area contributed by atoms with Gasteiger partial charge in [0, 0.05) is 0 Å². The van der Waals surface area contributed by atoms with Gasteiger partial charge < -0.3 is 0 Å². The molecule has 28 heavy (non-hydrogen) atoms. The highest BCUT2D eigenvalue weighted by atomic mass is 35.5. The molecular weight excluding hydrogens is 381 g/mol. The molecule has 1 aromatic carbocycles. The molecule has 2 aliphatic carbocycles. The van der Waals surface area contributed by atoms with E-state index in [0.717, 1.165) is 24.7 Å². The summed E-state index contributed by atoms with van der Waals surface area (Å²) in [6.45, 7) is -0.253. The number of benzene rings is 1. The van der Waals surface area contributed by atoms with Gasteiger partial charge in [-0.2, -0.15) is 0 Å². The smallest absolute Gasteiger partial charge is 0.145 e. The third kappa shape index (κ3) is 6.02. The zero-order chi connectivity index (χ0) is 19.9. The van der Waals surface area contributed by atoms with Crippen LogP contribution in [0, 0.1) is 35.3 Å². The predicted octanol–water partition coefficient (Wildman–Crippen LogP) is 8.08. The molecule has 0 atom stereocenters. The summed E-state index contributed by atoms with van der Waals surface area (Å²) in [5.41, 5.74) is 0.709. The number of halogens is 4. The number of allylic oxidation sites excluding steroid dienone is 2. The van der Waals surface area contributed by atoms with Gasteiger partial charge in [-0.3, -0.25) is 4.39 Å². The van der Waals surface area contributed by atoms with Crippen molar-refractivity contribution in [1.29, 1.82) is 0 Å². The maximum Gasteiger partial charge on any atom is 0.145 e. The van der Waals surface area contributed by atoms with Gasteiger partial charge in [-0.1, -0.05) is 36.6 Å². The van der Waals surface area contributed by atoms with Crippen molar-refractivity contribution >= 4 is 11.6 Å². The van der Waals surface area contributed by atoms with Crippen molar-refractivity contribution in [2.75, 3.05) is 6.67 Å². The van der Waals surface area contributed by atoms with E-state index in [1.807, 2.05) is 6.08 Å². The molecule has 4 heteroatoms. The van der Waals surface area contributed by atoms with E-state index in [-0.39, 0.29) is 6.67 Å². The SMILES string of the molecule is FCC/C=C/C1CCC(C2CCC(CCc3cc(F)c(Cl)c(F)c3)CC2)CC1. The quantitative estimate of drug-likeness (QED) is 0.313. The standard InChI is InChI=1S/C24H32ClF3/c25-24-22(27)15-19(16-23(24)28)5-4-18-8-12-21(13-9-18)20-10-6-17(7-11-20)3-1-2-14-26/h1,3,15-18,20-21H,2,4-14H2/b3-1+. The number of hydrogen-bond acceptors (Lipinski definition) is 0. The highest BCUT2D eigenvalue weighted by Crippen LogP contribution is 2.42. The summed E-state index contributed by atoms with van der Waals surface area (Å²) >= 11 is 5.56. The molecule has 0 aromatic heterocycles. The lowest BCUT2D eigenvalue weighted by atomic mass is 9.68. The summed E-state index contributed by atoms with van der Waals surface area (Å²) in [6, 6.07) is 2.75. The Morgan fingerprint density at radius 1 is 0.893 bits per heavy atom. The van der Waals surface area contributed by atoms with Crippen LogP contribution < -0.4 is 0 Å². The minimum absolute atomic E-state index is 0.253.